The molecule has 0 aromatic heterocycles. The number of hydrogen-bond donors (Lipinski definition) is 3. The minimum absolute atomic E-state index is 0.0344. The van der Waals surface area contributed by atoms with Gasteiger partial charge in [0.1, 0.15) is 5.82 Å². The van der Waals surface area contributed by atoms with E-state index in [1.165, 1.54) is 11.8 Å². The number of carbonyl (C=O) groups excluding carboxylic acids is 1. The number of nitrogens with one attached hydrogen (secondary N) is 2. The van der Waals surface area contributed by atoms with Crippen LogP contribution in [0.25, 0.3) is 0 Å². The van der Waals surface area contributed by atoms with Gasteiger partial charge >= 0.3 is 5.97 Å². The van der Waals surface area contributed by atoms with Crippen molar-refractivity contribution in [3.8, 4) is 0 Å². The number of halogens is 1. The van der Waals surface area contributed by atoms with Crippen molar-refractivity contribution in [2.45, 2.75) is 11.3 Å². The fraction of sp³-hybridized carbons (Fsp3) is 0.385. The number of thioether (sulfide) groups is 1. The number of hydrogen-bond acceptors (Lipinski definition) is 5. The fourth-order valence-electron chi connectivity index (χ4n) is 1.51. The summed E-state index contributed by atoms with van der Waals surface area (Å²) in [7, 11) is -3.78. The average Bonchev–Trinajstić information content (AvgIpc) is 2.46. The van der Waals surface area contributed by atoms with Crippen LogP contribution in [0.4, 0.5) is 4.39 Å². The second-order valence-corrected chi connectivity index (χ2v) is 7.27. The van der Waals surface area contributed by atoms with E-state index in [1.807, 2.05) is 0 Å². The van der Waals surface area contributed by atoms with Gasteiger partial charge in [-0.1, -0.05) is 0 Å². The predicted octanol–water partition coefficient (Wildman–Crippen LogP) is 0.428. The van der Waals surface area contributed by atoms with Crippen LogP contribution in [0.2, 0.25) is 0 Å². The molecule has 0 spiro atoms. The molecule has 0 fully saturated rings. The van der Waals surface area contributed by atoms with Crippen molar-refractivity contribution in [3.05, 3.63) is 30.1 Å². The van der Waals surface area contributed by atoms with E-state index in [0.717, 1.165) is 24.3 Å². The summed E-state index contributed by atoms with van der Waals surface area (Å²) in [5.41, 5.74) is 0. The van der Waals surface area contributed by atoms with Crippen LogP contribution in [0.1, 0.15) is 6.42 Å². The number of rotatable bonds is 10. The van der Waals surface area contributed by atoms with E-state index < -0.39 is 21.8 Å². The van der Waals surface area contributed by atoms with E-state index in [1.54, 1.807) is 0 Å². The third-order valence-electron chi connectivity index (χ3n) is 2.56. The molecule has 7 nitrogen and oxygen atoms in total. The second kappa shape index (κ2) is 9.48. The summed E-state index contributed by atoms with van der Waals surface area (Å²) in [4.78, 5) is 21.7. The number of aliphatic carboxylic acids is 1. The lowest BCUT2D eigenvalue weighted by Crippen LogP contribution is -2.31. The fourth-order valence-corrected chi connectivity index (χ4v) is 3.10. The Bertz CT molecular complexity index is 634. The molecule has 23 heavy (non-hydrogen) atoms. The zero-order chi connectivity index (χ0) is 17.3. The summed E-state index contributed by atoms with van der Waals surface area (Å²) in [6.07, 6.45) is -0.0516. The number of carbonyl (C=O) groups is 2. The first-order valence-electron chi connectivity index (χ1n) is 6.63. The largest absolute Gasteiger partial charge is 0.481 e. The van der Waals surface area contributed by atoms with E-state index in [2.05, 4.69) is 10.0 Å². The third-order valence-corrected chi connectivity index (χ3v) is 4.98. The van der Waals surface area contributed by atoms with Crippen molar-refractivity contribution in [1.29, 1.82) is 0 Å². The zero-order valence-electron chi connectivity index (χ0n) is 12.1. The Morgan fingerprint density at radius 2 is 1.83 bits per heavy atom. The van der Waals surface area contributed by atoms with Gasteiger partial charge in [-0.25, -0.2) is 17.5 Å². The molecule has 0 saturated carbocycles. The molecular weight excluding hydrogens is 347 g/mol. The van der Waals surface area contributed by atoms with Crippen LogP contribution in [0.3, 0.4) is 0 Å². The van der Waals surface area contributed by atoms with Crippen LogP contribution in [-0.2, 0) is 19.6 Å². The molecule has 3 N–H and O–H groups in total. The third kappa shape index (κ3) is 7.95. The molecule has 1 aromatic rings. The van der Waals surface area contributed by atoms with Gasteiger partial charge in [-0.2, -0.15) is 0 Å². The first-order valence-corrected chi connectivity index (χ1v) is 9.26. The SMILES string of the molecule is O=C(O)CSCCNC(=O)CCNS(=O)(=O)c1ccc(F)cc1. The Kier molecular flexibility index (Phi) is 8.00. The highest BCUT2D eigenvalue weighted by atomic mass is 32.2. The molecule has 0 radical (unpaired) electrons. The van der Waals surface area contributed by atoms with Crippen molar-refractivity contribution in [1.82, 2.24) is 10.0 Å². The number of carboxylic acid groups (broad SMARTS) is 1. The summed E-state index contributed by atoms with van der Waals surface area (Å²) in [5.74, 6) is -1.38. The lowest BCUT2D eigenvalue weighted by Gasteiger charge is -2.07. The molecule has 0 aliphatic rings. The molecule has 0 aliphatic heterocycles. The van der Waals surface area contributed by atoms with Crippen LogP contribution < -0.4 is 10.0 Å². The Morgan fingerprint density at radius 3 is 2.43 bits per heavy atom. The second-order valence-electron chi connectivity index (χ2n) is 4.40. The van der Waals surface area contributed by atoms with Gasteiger partial charge in [0.05, 0.1) is 10.6 Å². The van der Waals surface area contributed by atoms with Crippen molar-refractivity contribution in [2.75, 3.05) is 24.6 Å². The minimum atomic E-state index is -3.78. The van der Waals surface area contributed by atoms with Crippen LogP contribution in [0.15, 0.2) is 29.2 Å². The smallest absolute Gasteiger partial charge is 0.313 e. The van der Waals surface area contributed by atoms with Gasteiger partial charge in [-0.15, -0.1) is 11.8 Å². The molecular formula is C13H17FN2O5S2. The predicted molar refractivity (Wildman–Crippen MR) is 84.2 cm³/mol. The Hall–Kier alpha value is -1.65. The van der Waals surface area contributed by atoms with Gasteiger partial charge in [-0.05, 0) is 24.3 Å². The lowest BCUT2D eigenvalue weighted by molar-refractivity contribution is -0.133. The van der Waals surface area contributed by atoms with Crippen molar-refractivity contribution < 1.29 is 27.5 Å². The highest BCUT2D eigenvalue weighted by molar-refractivity contribution is 7.99. The van der Waals surface area contributed by atoms with E-state index in [-0.39, 0.29) is 29.5 Å². The molecule has 0 heterocycles. The molecule has 0 unspecified atom stereocenters. The quantitative estimate of drug-likeness (QED) is 0.519. The maximum Gasteiger partial charge on any atom is 0.313 e. The summed E-state index contributed by atoms with van der Waals surface area (Å²) in [6, 6.07) is 4.35. The molecule has 1 amide bonds. The van der Waals surface area contributed by atoms with E-state index in [9.17, 15) is 22.4 Å². The molecule has 1 aromatic carbocycles. The molecule has 0 atom stereocenters. The molecule has 10 heteroatoms. The molecule has 1 rings (SSSR count). The van der Waals surface area contributed by atoms with Crippen molar-refractivity contribution >= 4 is 33.7 Å². The molecule has 0 aliphatic carbocycles. The Labute approximate surface area is 137 Å². The summed E-state index contributed by atoms with van der Waals surface area (Å²) in [5, 5.41) is 11.0. The highest BCUT2D eigenvalue weighted by Gasteiger charge is 2.14. The topological polar surface area (TPSA) is 113 Å². The van der Waals surface area contributed by atoms with Gasteiger partial charge in [-0.3, -0.25) is 9.59 Å². The maximum atomic E-state index is 12.7. The van der Waals surface area contributed by atoms with Crippen LogP contribution >= 0.6 is 11.8 Å². The van der Waals surface area contributed by atoms with Crippen molar-refractivity contribution in [2.24, 2.45) is 0 Å². The van der Waals surface area contributed by atoms with Crippen molar-refractivity contribution in [3.63, 3.8) is 0 Å². The molecule has 0 saturated heterocycles. The number of benzene rings is 1. The van der Waals surface area contributed by atoms with Gasteiger partial charge < -0.3 is 10.4 Å². The molecule has 128 valence electrons. The summed E-state index contributed by atoms with van der Waals surface area (Å²) in [6.45, 7) is 0.218. The Morgan fingerprint density at radius 1 is 1.17 bits per heavy atom. The normalized spacial score (nSPS) is 11.2. The van der Waals surface area contributed by atoms with E-state index >= 15 is 0 Å². The summed E-state index contributed by atoms with van der Waals surface area (Å²) < 4.78 is 38.7. The number of carboxylic acids is 1. The minimum Gasteiger partial charge on any atom is -0.481 e. The maximum absolute atomic E-state index is 12.7. The van der Waals surface area contributed by atoms with E-state index in [4.69, 9.17) is 5.11 Å². The van der Waals surface area contributed by atoms with Crippen LogP contribution in [0.5, 0.6) is 0 Å². The first kappa shape index (κ1) is 19.4. The van der Waals surface area contributed by atoms with Gasteiger partial charge in [0.25, 0.3) is 0 Å². The van der Waals surface area contributed by atoms with Gasteiger partial charge in [0.15, 0.2) is 0 Å². The monoisotopic (exact) mass is 364 g/mol. The summed E-state index contributed by atoms with van der Waals surface area (Å²) >= 11 is 1.17. The molecule has 0 bridgehead atoms. The number of amides is 1. The lowest BCUT2D eigenvalue weighted by atomic mass is 10.4. The van der Waals surface area contributed by atoms with Crippen LogP contribution in [0, 0.1) is 5.82 Å². The standard InChI is InChI=1S/C13H17FN2O5S2/c14-10-1-3-11(4-2-10)23(20,21)16-6-5-12(17)15-7-8-22-9-13(18)19/h1-4,16H,5-9H2,(H,15,17)(H,18,19). The highest BCUT2D eigenvalue weighted by Crippen LogP contribution is 2.09. The first-order chi connectivity index (χ1) is 10.8. The van der Waals surface area contributed by atoms with Gasteiger partial charge in [0.2, 0.25) is 15.9 Å². The van der Waals surface area contributed by atoms with E-state index in [0.29, 0.717) is 12.3 Å². The zero-order valence-corrected chi connectivity index (χ0v) is 13.8. The number of sulfonamides is 1. The average molecular weight is 364 g/mol. The Balaban J connectivity index is 2.26. The van der Waals surface area contributed by atoms with Crippen LogP contribution in [-0.4, -0.2) is 50.0 Å². The van der Waals surface area contributed by atoms with Gasteiger partial charge in [0, 0.05) is 25.3 Å².